The first-order valence-corrected chi connectivity index (χ1v) is 11.5. The van der Waals surface area contributed by atoms with Crippen LogP contribution in [-0.4, -0.2) is 33.7 Å². The molecule has 0 aromatic heterocycles. The molecule has 1 unspecified atom stereocenters. The average Bonchev–Trinajstić information content (AvgIpc) is 3.12. The van der Waals surface area contributed by atoms with Gasteiger partial charge in [-0.3, -0.25) is 14.4 Å². The molecular weight excluding hydrogens is 541 g/mol. The van der Waals surface area contributed by atoms with E-state index in [1.54, 1.807) is 54.6 Å². The topological polar surface area (TPSA) is 151 Å². The molecule has 1 aliphatic rings. The standard InChI is InChI=1S/C25H21Cl2N5O4.ClH/c26-16-7-15(8-17(27)9-16)21(11-22(33)34)32-12-14-3-6-19(10-20(14)24(32)36)30-23(35)13-1-4-18(5-2-13)31-25(28)29;/h1-10,21H,11-12H2,(H,30,35)(H,33,34)(H4,28,29,31);1H. The predicted octanol–water partition coefficient (Wildman–Crippen LogP) is 4.74. The average molecular weight is 563 g/mol. The number of carbonyl (C=O) groups is 3. The van der Waals surface area contributed by atoms with Crippen LogP contribution < -0.4 is 16.8 Å². The van der Waals surface area contributed by atoms with E-state index in [1.807, 2.05) is 0 Å². The number of benzene rings is 3. The van der Waals surface area contributed by atoms with Crippen LogP contribution in [0.4, 0.5) is 11.4 Å². The summed E-state index contributed by atoms with van der Waals surface area (Å²) < 4.78 is 0. The fourth-order valence-electron chi connectivity index (χ4n) is 4.03. The number of carbonyl (C=O) groups excluding carboxylic acids is 2. The highest BCUT2D eigenvalue weighted by molar-refractivity contribution is 6.34. The van der Waals surface area contributed by atoms with E-state index >= 15 is 0 Å². The number of anilines is 1. The monoisotopic (exact) mass is 561 g/mol. The van der Waals surface area contributed by atoms with E-state index in [4.69, 9.17) is 34.7 Å². The van der Waals surface area contributed by atoms with Crippen molar-refractivity contribution in [2.45, 2.75) is 19.0 Å². The fraction of sp³-hybridized carbons (Fsp3) is 0.120. The zero-order valence-electron chi connectivity index (χ0n) is 19.2. The maximum atomic E-state index is 13.3. The number of nitrogens with one attached hydrogen (secondary N) is 1. The van der Waals surface area contributed by atoms with Gasteiger partial charge in [0.15, 0.2) is 5.96 Å². The molecule has 0 spiro atoms. The SMILES string of the molecule is Cl.NC(N)=Nc1ccc(C(=O)Nc2ccc3c(c2)C(=O)N(C(CC(=O)O)c2cc(Cl)cc(Cl)c2)C3)cc1. The van der Waals surface area contributed by atoms with Crippen molar-refractivity contribution < 1.29 is 19.5 Å². The number of nitrogens with two attached hydrogens (primary N) is 2. The third-order valence-electron chi connectivity index (χ3n) is 5.60. The normalized spacial score (nSPS) is 12.8. The van der Waals surface area contributed by atoms with E-state index in [-0.39, 0.29) is 43.1 Å². The van der Waals surface area contributed by atoms with Crippen molar-refractivity contribution in [2.24, 2.45) is 16.5 Å². The highest BCUT2D eigenvalue weighted by atomic mass is 35.5. The van der Waals surface area contributed by atoms with Crippen molar-refractivity contribution >= 4 is 70.7 Å². The summed E-state index contributed by atoms with van der Waals surface area (Å²) in [5.41, 5.74) is 13.6. The molecule has 2 amide bonds. The summed E-state index contributed by atoms with van der Waals surface area (Å²) in [5.74, 6) is -1.90. The van der Waals surface area contributed by atoms with Gasteiger partial charge in [-0.15, -0.1) is 12.4 Å². The number of guanidine groups is 1. The van der Waals surface area contributed by atoms with Gasteiger partial charge in [-0.25, -0.2) is 4.99 Å². The van der Waals surface area contributed by atoms with E-state index in [9.17, 15) is 19.5 Å². The van der Waals surface area contributed by atoms with Gasteiger partial charge in [-0.1, -0.05) is 29.3 Å². The molecule has 1 heterocycles. The van der Waals surface area contributed by atoms with Gasteiger partial charge in [0, 0.05) is 33.4 Å². The van der Waals surface area contributed by atoms with Crippen LogP contribution in [0.25, 0.3) is 0 Å². The molecule has 1 atom stereocenters. The van der Waals surface area contributed by atoms with Crippen molar-refractivity contribution in [3.05, 3.63) is 93.0 Å². The summed E-state index contributed by atoms with van der Waals surface area (Å²) in [7, 11) is 0. The Bertz CT molecular complexity index is 1370. The summed E-state index contributed by atoms with van der Waals surface area (Å²) in [6.45, 7) is 0.205. The van der Waals surface area contributed by atoms with Crippen molar-refractivity contribution in [3.8, 4) is 0 Å². The second-order valence-corrected chi connectivity index (χ2v) is 9.03. The Balaban J connectivity index is 0.00000380. The third kappa shape index (κ3) is 6.51. The molecule has 0 bridgehead atoms. The predicted molar refractivity (Wildman–Crippen MR) is 145 cm³/mol. The molecule has 4 rings (SSSR count). The number of hydrogen-bond donors (Lipinski definition) is 4. The zero-order chi connectivity index (χ0) is 26.0. The number of fused-ring (bicyclic) bond motifs is 1. The van der Waals surface area contributed by atoms with E-state index in [2.05, 4.69) is 10.3 Å². The van der Waals surface area contributed by atoms with Crippen LogP contribution in [0.2, 0.25) is 10.0 Å². The molecule has 9 nitrogen and oxygen atoms in total. The van der Waals surface area contributed by atoms with Crippen LogP contribution in [0.5, 0.6) is 0 Å². The number of halogens is 3. The summed E-state index contributed by atoms with van der Waals surface area (Å²) in [6, 6.07) is 15.3. The smallest absolute Gasteiger partial charge is 0.305 e. The lowest BCUT2D eigenvalue weighted by molar-refractivity contribution is -0.138. The number of aliphatic imine (C=N–C) groups is 1. The second kappa shape index (κ2) is 11.5. The van der Waals surface area contributed by atoms with Crippen LogP contribution >= 0.6 is 35.6 Å². The third-order valence-corrected chi connectivity index (χ3v) is 6.04. The van der Waals surface area contributed by atoms with Gasteiger partial charge in [0.1, 0.15) is 0 Å². The molecule has 0 aliphatic carbocycles. The lowest BCUT2D eigenvalue weighted by atomic mass is 10.0. The summed E-state index contributed by atoms with van der Waals surface area (Å²) in [6.07, 6.45) is -0.324. The molecule has 0 fully saturated rings. The summed E-state index contributed by atoms with van der Waals surface area (Å²) >= 11 is 12.2. The maximum Gasteiger partial charge on any atom is 0.305 e. The van der Waals surface area contributed by atoms with Crippen molar-refractivity contribution in [2.75, 3.05) is 5.32 Å². The van der Waals surface area contributed by atoms with Gasteiger partial charge in [-0.05, 0) is 65.7 Å². The highest BCUT2D eigenvalue weighted by Gasteiger charge is 2.35. The van der Waals surface area contributed by atoms with Gasteiger partial charge in [0.05, 0.1) is 18.2 Å². The summed E-state index contributed by atoms with van der Waals surface area (Å²) in [4.78, 5) is 43.0. The van der Waals surface area contributed by atoms with Crippen LogP contribution in [0.1, 0.15) is 44.3 Å². The number of rotatable bonds is 7. The fourth-order valence-corrected chi connectivity index (χ4v) is 4.58. The maximum absolute atomic E-state index is 13.3. The first-order chi connectivity index (χ1) is 17.1. The van der Waals surface area contributed by atoms with Crippen molar-refractivity contribution in [1.29, 1.82) is 0 Å². The molecular formula is C25H22Cl3N5O4. The zero-order valence-corrected chi connectivity index (χ0v) is 21.5. The van der Waals surface area contributed by atoms with Crippen LogP contribution in [-0.2, 0) is 11.3 Å². The molecule has 0 saturated heterocycles. The number of carboxylic acids is 1. The van der Waals surface area contributed by atoms with Gasteiger partial charge >= 0.3 is 5.97 Å². The minimum absolute atomic E-state index is 0. The minimum atomic E-state index is -1.07. The molecule has 1 aliphatic heterocycles. The number of carboxylic acid groups (broad SMARTS) is 1. The largest absolute Gasteiger partial charge is 0.481 e. The highest BCUT2D eigenvalue weighted by Crippen LogP contribution is 2.36. The van der Waals surface area contributed by atoms with E-state index in [1.165, 1.54) is 11.0 Å². The Kier molecular flexibility index (Phi) is 8.65. The molecule has 12 heteroatoms. The Morgan fingerprint density at radius 1 is 1.03 bits per heavy atom. The first-order valence-electron chi connectivity index (χ1n) is 10.7. The van der Waals surface area contributed by atoms with Crippen LogP contribution in [0.3, 0.4) is 0 Å². The molecule has 37 heavy (non-hydrogen) atoms. The number of hydrogen-bond acceptors (Lipinski definition) is 4. The lowest BCUT2D eigenvalue weighted by Gasteiger charge is -2.27. The molecule has 6 N–H and O–H groups in total. The molecule has 0 radical (unpaired) electrons. The van der Waals surface area contributed by atoms with E-state index < -0.39 is 12.0 Å². The van der Waals surface area contributed by atoms with Gasteiger partial charge < -0.3 is 26.8 Å². The quantitative estimate of drug-likeness (QED) is 0.241. The number of amides is 2. The summed E-state index contributed by atoms with van der Waals surface area (Å²) in [5, 5.41) is 12.9. The number of nitrogens with zero attached hydrogens (tertiary/aromatic N) is 2. The lowest BCUT2D eigenvalue weighted by Crippen LogP contribution is -2.31. The van der Waals surface area contributed by atoms with Gasteiger partial charge in [0.2, 0.25) is 0 Å². The molecule has 0 saturated carbocycles. The van der Waals surface area contributed by atoms with Crippen molar-refractivity contribution in [3.63, 3.8) is 0 Å². The van der Waals surface area contributed by atoms with Crippen LogP contribution in [0, 0.1) is 0 Å². The molecule has 3 aromatic rings. The Labute approximate surface area is 228 Å². The van der Waals surface area contributed by atoms with Crippen LogP contribution in [0.15, 0.2) is 65.7 Å². The van der Waals surface area contributed by atoms with Crippen molar-refractivity contribution in [1.82, 2.24) is 4.90 Å². The number of aliphatic carboxylic acids is 1. The van der Waals surface area contributed by atoms with Gasteiger partial charge in [0.25, 0.3) is 11.8 Å². The molecule has 3 aromatic carbocycles. The Hall–Kier alpha value is -3.79. The Morgan fingerprint density at radius 2 is 1.68 bits per heavy atom. The van der Waals surface area contributed by atoms with E-state index in [0.29, 0.717) is 43.7 Å². The van der Waals surface area contributed by atoms with Gasteiger partial charge in [-0.2, -0.15) is 0 Å². The van der Waals surface area contributed by atoms with E-state index in [0.717, 1.165) is 0 Å². The first kappa shape index (κ1) is 27.8. The minimum Gasteiger partial charge on any atom is -0.481 e. The Morgan fingerprint density at radius 3 is 2.27 bits per heavy atom. The second-order valence-electron chi connectivity index (χ2n) is 8.16. The molecule has 192 valence electrons.